The van der Waals surface area contributed by atoms with Gasteiger partial charge in [0.2, 0.25) is 4.80 Å². The van der Waals surface area contributed by atoms with Gasteiger partial charge < -0.3 is 9.64 Å². The zero-order chi connectivity index (χ0) is 21.1. The highest BCUT2D eigenvalue weighted by molar-refractivity contribution is 7.07. The van der Waals surface area contributed by atoms with Crippen molar-refractivity contribution in [2.45, 2.75) is 6.92 Å². The first-order valence-corrected chi connectivity index (χ1v) is 10.5. The first-order chi connectivity index (χ1) is 14.7. The molecule has 0 aliphatic carbocycles. The van der Waals surface area contributed by atoms with Crippen molar-refractivity contribution in [2.24, 2.45) is 10.1 Å². The lowest BCUT2D eigenvalue weighted by molar-refractivity contribution is -0.112. The van der Waals surface area contributed by atoms with Gasteiger partial charge in [-0.1, -0.05) is 36.4 Å². The third kappa shape index (κ3) is 3.37. The van der Waals surface area contributed by atoms with Crippen molar-refractivity contribution in [3.8, 4) is 17.0 Å². The summed E-state index contributed by atoms with van der Waals surface area (Å²) in [4.78, 5) is 20.1. The van der Waals surface area contributed by atoms with E-state index in [0.29, 0.717) is 23.6 Å². The van der Waals surface area contributed by atoms with Crippen LogP contribution in [0.2, 0.25) is 0 Å². The Hall–Kier alpha value is -3.45. The van der Waals surface area contributed by atoms with Gasteiger partial charge in [-0.3, -0.25) is 9.79 Å². The van der Waals surface area contributed by atoms with Crippen LogP contribution in [0.15, 0.2) is 76.7 Å². The summed E-state index contributed by atoms with van der Waals surface area (Å²) < 4.78 is 7.28. The van der Waals surface area contributed by atoms with Crippen LogP contribution in [-0.2, 0) is 4.79 Å². The predicted molar refractivity (Wildman–Crippen MR) is 121 cm³/mol. The fraction of sp³-hybridized carbons (Fsp3) is 0.174. The van der Waals surface area contributed by atoms with Gasteiger partial charge in [-0.05, 0) is 25.1 Å². The normalized spacial score (nSPS) is 15.0. The topological polar surface area (TPSA) is 59.2 Å². The molecule has 0 atom stereocenters. The second-order valence-electron chi connectivity index (χ2n) is 6.56. The molecule has 0 saturated heterocycles. The van der Waals surface area contributed by atoms with E-state index < -0.39 is 0 Å². The molecule has 0 N–H and O–H groups in total. The Morgan fingerprint density at radius 1 is 1.13 bits per heavy atom. The van der Waals surface area contributed by atoms with Crippen molar-refractivity contribution >= 4 is 28.6 Å². The summed E-state index contributed by atoms with van der Waals surface area (Å²) in [5, 5.41) is 6.79. The maximum absolute atomic E-state index is 13.1. The summed E-state index contributed by atoms with van der Waals surface area (Å²) in [6, 6.07) is 15.5. The minimum atomic E-state index is -0.113. The fourth-order valence-electron chi connectivity index (χ4n) is 3.46. The summed E-state index contributed by atoms with van der Waals surface area (Å²) in [5.41, 5.74) is 3.80. The number of anilines is 1. The standard InChI is InChI=1S/C23H22N4O2S/c1-4-14-24-23-27(19(15-30-23)16-10-7-9-13-20(16)29-3)25-21-17-11-6-8-12-18(17)26(5-2)22(21)28/h4,6-13,15H,1,5,14H2,2-3H3. The van der Waals surface area contributed by atoms with Gasteiger partial charge in [-0.15, -0.1) is 17.9 Å². The lowest BCUT2D eigenvalue weighted by Gasteiger charge is -2.13. The number of thiazole rings is 1. The molecule has 0 radical (unpaired) electrons. The molecule has 0 bridgehead atoms. The van der Waals surface area contributed by atoms with Gasteiger partial charge in [0.05, 0.1) is 25.0 Å². The van der Waals surface area contributed by atoms with Crippen LogP contribution in [0.3, 0.4) is 0 Å². The summed E-state index contributed by atoms with van der Waals surface area (Å²) in [5.74, 6) is 0.617. The van der Waals surface area contributed by atoms with Crippen LogP contribution in [0.5, 0.6) is 5.75 Å². The second-order valence-corrected chi connectivity index (χ2v) is 7.40. The molecule has 1 aliphatic rings. The molecule has 4 rings (SSSR count). The number of aromatic nitrogens is 1. The number of nitrogens with zero attached hydrogens (tertiary/aromatic N) is 4. The number of carbonyl (C=O) groups is 1. The number of methoxy groups -OCH3 is 1. The van der Waals surface area contributed by atoms with Gasteiger partial charge >= 0.3 is 0 Å². The summed E-state index contributed by atoms with van der Waals surface area (Å²) in [6.07, 6.45) is 1.73. The van der Waals surface area contributed by atoms with Crippen molar-refractivity contribution in [2.75, 3.05) is 25.1 Å². The number of carbonyl (C=O) groups excluding carboxylic acids is 1. The van der Waals surface area contributed by atoms with E-state index in [2.05, 4.69) is 11.6 Å². The number of rotatable bonds is 6. The lowest BCUT2D eigenvalue weighted by atomic mass is 10.1. The maximum Gasteiger partial charge on any atom is 0.279 e. The first-order valence-electron chi connectivity index (χ1n) is 9.65. The van der Waals surface area contributed by atoms with E-state index in [0.717, 1.165) is 28.3 Å². The highest BCUT2D eigenvalue weighted by atomic mass is 32.1. The molecule has 0 spiro atoms. The van der Waals surface area contributed by atoms with Crippen molar-refractivity contribution in [3.05, 3.63) is 76.9 Å². The van der Waals surface area contributed by atoms with Crippen LogP contribution in [0, 0.1) is 0 Å². The molecule has 0 fully saturated rings. The summed E-state index contributed by atoms with van der Waals surface area (Å²) in [7, 11) is 1.64. The molecule has 3 aromatic rings. The van der Waals surface area contributed by atoms with Gasteiger partial charge in [-0.2, -0.15) is 5.10 Å². The smallest absolute Gasteiger partial charge is 0.279 e. The number of ether oxygens (including phenoxy) is 1. The van der Waals surface area contributed by atoms with E-state index in [1.165, 1.54) is 11.3 Å². The van der Waals surface area contributed by atoms with Crippen molar-refractivity contribution < 1.29 is 9.53 Å². The Morgan fingerprint density at radius 3 is 2.60 bits per heavy atom. The zero-order valence-corrected chi connectivity index (χ0v) is 17.7. The van der Waals surface area contributed by atoms with Crippen LogP contribution >= 0.6 is 11.3 Å². The Morgan fingerprint density at radius 2 is 1.87 bits per heavy atom. The van der Waals surface area contributed by atoms with Crippen LogP contribution < -0.4 is 14.4 Å². The highest BCUT2D eigenvalue weighted by Gasteiger charge is 2.33. The average Bonchev–Trinajstić information content (AvgIpc) is 3.30. The molecule has 30 heavy (non-hydrogen) atoms. The maximum atomic E-state index is 13.1. The molecule has 2 aromatic carbocycles. The summed E-state index contributed by atoms with van der Waals surface area (Å²) in [6.45, 7) is 6.75. The number of likely N-dealkylation sites (N-methyl/N-ethyl adjacent to an activating group) is 1. The minimum Gasteiger partial charge on any atom is -0.496 e. The highest BCUT2D eigenvalue weighted by Crippen LogP contribution is 2.32. The van der Waals surface area contributed by atoms with Crippen LogP contribution in [-0.4, -0.2) is 36.5 Å². The largest absolute Gasteiger partial charge is 0.496 e. The Kier molecular flexibility index (Phi) is 5.63. The van der Waals surface area contributed by atoms with Crippen LogP contribution in [0.4, 0.5) is 5.69 Å². The molecule has 0 unspecified atom stereocenters. The second kappa shape index (κ2) is 8.51. The van der Waals surface area contributed by atoms with E-state index in [1.54, 1.807) is 22.8 Å². The molecule has 6 nitrogen and oxygen atoms in total. The van der Waals surface area contributed by atoms with Gasteiger partial charge in [-0.25, -0.2) is 4.68 Å². The van der Waals surface area contributed by atoms with Crippen molar-refractivity contribution in [3.63, 3.8) is 0 Å². The number of amides is 1. The minimum absolute atomic E-state index is 0.113. The number of para-hydroxylation sites is 2. The molecule has 1 amide bonds. The van der Waals surface area contributed by atoms with Gasteiger partial charge in [0, 0.05) is 23.1 Å². The molecule has 1 aromatic heterocycles. The number of benzene rings is 2. The van der Waals surface area contributed by atoms with E-state index in [1.807, 2.05) is 60.8 Å². The van der Waals surface area contributed by atoms with Crippen molar-refractivity contribution in [1.82, 2.24) is 4.68 Å². The monoisotopic (exact) mass is 418 g/mol. The number of hydrogen-bond donors (Lipinski definition) is 0. The van der Waals surface area contributed by atoms with E-state index >= 15 is 0 Å². The molecule has 2 heterocycles. The number of fused-ring (bicyclic) bond motifs is 1. The fourth-order valence-corrected chi connectivity index (χ4v) is 4.29. The molecule has 7 heteroatoms. The van der Waals surface area contributed by atoms with Crippen LogP contribution in [0.1, 0.15) is 12.5 Å². The summed E-state index contributed by atoms with van der Waals surface area (Å²) >= 11 is 1.46. The third-order valence-corrected chi connectivity index (χ3v) is 5.69. The lowest BCUT2D eigenvalue weighted by Crippen LogP contribution is -2.30. The molecule has 0 saturated carbocycles. The molecule has 1 aliphatic heterocycles. The van der Waals surface area contributed by atoms with Gasteiger partial charge in [0.25, 0.3) is 5.91 Å². The molecular weight excluding hydrogens is 396 g/mol. The van der Waals surface area contributed by atoms with Gasteiger partial charge in [0.1, 0.15) is 5.75 Å². The molecular formula is C23H22N4O2S. The third-order valence-electron chi connectivity index (χ3n) is 4.84. The van der Waals surface area contributed by atoms with E-state index in [4.69, 9.17) is 9.84 Å². The Bertz CT molecular complexity index is 1210. The average molecular weight is 419 g/mol. The van der Waals surface area contributed by atoms with E-state index in [-0.39, 0.29) is 5.91 Å². The molecule has 152 valence electrons. The SMILES string of the molecule is C=CCN=c1scc(-c2ccccc2OC)n1N=C1C(=O)N(CC)c2ccccc21. The Balaban J connectivity index is 1.96. The van der Waals surface area contributed by atoms with Crippen LogP contribution in [0.25, 0.3) is 11.3 Å². The quantitative estimate of drug-likeness (QED) is 0.570. The van der Waals surface area contributed by atoms with Gasteiger partial charge in [0.15, 0.2) is 5.71 Å². The van der Waals surface area contributed by atoms with Crippen molar-refractivity contribution in [1.29, 1.82) is 0 Å². The zero-order valence-electron chi connectivity index (χ0n) is 16.9. The predicted octanol–water partition coefficient (Wildman–Crippen LogP) is 3.93. The number of hydrogen-bond acceptors (Lipinski definition) is 5. The Labute approximate surface area is 179 Å². The van der Waals surface area contributed by atoms with E-state index in [9.17, 15) is 4.79 Å². The first kappa shape index (κ1) is 19.8.